The van der Waals surface area contributed by atoms with Gasteiger partial charge in [0.2, 0.25) is 0 Å². The molecule has 1 saturated heterocycles. The summed E-state index contributed by atoms with van der Waals surface area (Å²) in [5, 5.41) is 9.60. The normalized spacial score (nSPS) is 31.7. The maximum atomic E-state index is 13.8. The number of nitrogens with zero attached hydrogens (tertiary/aromatic N) is 1. The Morgan fingerprint density at radius 1 is 1.61 bits per heavy atom. The Morgan fingerprint density at radius 3 is 2.94 bits per heavy atom. The standard InChI is InChI=1S/C10H13FN2O5/c1-17-4-5-8(15)7(11)9(18-5)13-3-2-6(14)12-10(13)16/h2-3,5,7-9,15H,4H2,1H3,(H,12,14,16)/t5-,7-,8-,9-/m1/s1. The number of methoxy groups -OCH3 is 1. The van der Waals surface area contributed by atoms with Crippen molar-refractivity contribution in [1.29, 1.82) is 0 Å². The van der Waals surface area contributed by atoms with Gasteiger partial charge in [-0.25, -0.2) is 9.18 Å². The SMILES string of the molecule is COC[C@H]1O[C@@H](n2ccc(=O)[nH]c2=O)[C@H](F)[C@@H]1O. The van der Waals surface area contributed by atoms with Crippen molar-refractivity contribution < 1.29 is 19.0 Å². The zero-order valence-corrected chi connectivity index (χ0v) is 9.58. The van der Waals surface area contributed by atoms with E-state index in [-0.39, 0.29) is 6.61 Å². The van der Waals surface area contributed by atoms with Crippen LogP contribution in [0.15, 0.2) is 21.9 Å². The van der Waals surface area contributed by atoms with Gasteiger partial charge in [-0.2, -0.15) is 0 Å². The summed E-state index contributed by atoms with van der Waals surface area (Å²) in [6.07, 6.45) is -4.15. The molecule has 1 aromatic rings. The third-order valence-electron chi connectivity index (χ3n) is 2.75. The lowest BCUT2D eigenvalue weighted by molar-refractivity contribution is -0.0572. The second-order valence-electron chi connectivity index (χ2n) is 3.97. The van der Waals surface area contributed by atoms with Gasteiger partial charge < -0.3 is 14.6 Å². The topological polar surface area (TPSA) is 93.5 Å². The third kappa shape index (κ3) is 2.22. The van der Waals surface area contributed by atoms with Crippen LogP contribution in [0.1, 0.15) is 6.23 Å². The first-order chi connectivity index (χ1) is 8.54. The van der Waals surface area contributed by atoms with Gasteiger partial charge in [0.1, 0.15) is 12.2 Å². The van der Waals surface area contributed by atoms with Gasteiger partial charge in [0, 0.05) is 19.4 Å². The summed E-state index contributed by atoms with van der Waals surface area (Å²) in [5.74, 6) is 0. The second-order valence-corrected chi connectivity index (χ2v) is 3.97. The number of halogens is 1. The quantitative estimate of drug-likeness (QED) is 0.710. The average molecular weight is 260 g/mol. The van der Waals surface area contributed by atoms with E-state index in [1.165, 1.54) is 7.11 Å². The number of aromatic nitrogens is 2. The molecule has 0 amide bonds. The molecule has 1 aliphatic rings. The molecule has 1 aromatic heterocycles. The molecular formula is C10H13FN2O5. The maximum absolute atomic E-state index is 13.8. The van der Waals surface area contributed by atoms with Crippen molar-refractivity contribution in [2.75, 3.05) is 13.7 Å². The second kappa shape index (κ2) is 5.01. The highest BCUT2D eigenvalue weighted by Gasteiger charge is 2.45. The molecule has 100 valence electrons. The van der Waals surface area contributed by atoms with E-state index >= 15 is 0 Å². The first kappa shape index (κ1) is 12.9. The zero-order valence-electron chi connectivity index (χ0n) is 9.58. The van der Waals surface area contributed by atoms with Gasteiger partial charge in [0.15, 0.2) is 12.4 Å². The minimum atomic E-state index is -1.77. The molecule has 0 radical (unpaired) electrons. The molecule has 2 N–H and O–H groups in total. The van der Waals surface area contributed by atoms with Gasteiger partial charge in [-0.05, 0) is 0 Å². The van der Waals surface area contributed by atoms with Gasteiger partial charge >= 0.3 is 5.69 Å². The Labute approximate surface area is 101 Å². The third-order valence-corrected chi connectivity index (χ3v) is 2.75. The zero-order chi connectivity index (χ0) is 13.3. The molecular weight excluding hydrogens is 247 g/mol. The van der Waals surface area contributed by atoms with Crippen LogP contribution >= 0.6 is 0 Å². The number of aliphatic hydroxyl groups is 1. The van der Waals surface area contributed by atoms with Gasteiger partial charge in [-0.15, -0.1) is 0 Å². The lowest BCUT2D eigenvalue weighted by Crippen LogP contribution is -2.35. The molecule has 0 saturated carbocycles. The van der Waals surface area contributed by atoms with Crippen molar-refractivity contribution in [2.24, 2.45) is 0 Å². The summed E-state index contributed by atoms with van der Waals surface area (Å²) in [6, 6.07) is 1.08. The van der Waals surface area contributed by atoms with Crippen LogP contribution in [-0.4, -0.2) is 46.8 Å². The molecule has 2 heterocycles. The molecule has 0 aliphatic carbocycles. The number of hydrogen-bond donors (Lipinski definition) is 2. The van der Waals surface area contributed by atoms with Crippen molar-refractivity contribution in [2.45, 2.75) is 24.6 Å². The number of aromatic amines is 1. The number of H-pyrrole nitrogens is 1. The predicted molar refractivity (Wildman–Crippen MR) is 58.0 cm³/mol. The number of alkyl halides is 1. The first-order valence-corrected chi connectivity index (χ1v) is 5.32. The molecule has 7 nitrogen and oxygen atoms in total. The summed E-state index contributed by atoms with van der Waals surface area (Å²) >= 11 is 0. The fourth-order valence-corrected chi connectivity index (χ4v) is 1.86. The summed E-state index contributed by atoms with van der Waals surface area (Å²) in [7, 11) is 1.39. The number of aliphatic hydroxyl groups excluding tert-OH is 1. The monoisotopic (exact) mass is 260 g/mol. The summed E-state index contributed by atoms with van der Waals surface area (Å²) < 4.78 is 24.7. The maximum Gasteiger partial charge on any atom is 0.330 e. The Bertz CT molecular complexity index is 527. The smallest absolute Gasteiger partial charge is 0.330 e. The lowest BCUT2D eigenvalue weighted by Gasteiger charge is -2.15. The molecule has 0 aromatic carbocycles. The van der Waals surface area contributed by atoms with Gasteiger partial charge in [-0.1, -0.05) is 0 Å². The molecule has 1 fully saturated rings. The van der Waals surface area contributed by atoms with E-state index in [0.29, 0.717) is 0 Å². The molecule has 18 heavy (non-hydrogen) atoms. The molecule has 0 spiro atoms. The van der Waals surface area contributed by atoms with Crippen LogP contribution in [-0.2, 0) is 9.47 Å². The highest BCUT2D eigenvalue weighted by molar-refractivity contribution is 4.93. The van der Waals surface area contributed by atoms with Crippen molar-refractivity contribution in [3.63, 3.8) is 0 Å². The van der Waals surface area contributed by atoms with E-state index in [0.717, 1.165) is 16.8 Å². The van der Waals surface area contributed by atoms with Crippen LogP contribution in [0.3, 0.4) is 0 Å². The fourth-order valence-electron chi connectivity index (χ4n) is 1.86. The van der Waals surface area contributed by atoms with E-state index in [9.17, 15) is 19.1 Å². The lowest BCUT2D eigenvalue weighted by atomic mass is 10.1. The van der Waals surface area contributed by atoms with Crippen LogP contribution < -0.4 is 11.2 Å². The van der Waals surface area contributed by atoms with Crippen LogP contribution in [0.25, 0.3) is 0 Å². The van der Waals surface area contributed by atoms with Crippen LogP contribution in [0, 0.1) is 0 Å². The number of rotatable bonds is 3. The highest BCUT2D eigenvalue weighted by Crippen LogP contribution is 2.30. The summed E-state index contributed by atoms with van der Waals surface area (Å²) in [5.41, 5.74) is -1.38. The molecule has 4 atom stereocenters. The minimum Gasteiger partial charge on any atom is -0.387 e. The van der Waals surface area contributed by atoms with Gasteiger partial charge in [-0.3, -0.25) is 14.3 Å². The number of nitrogens with one attached hydrogen (secondary N) is 1. The minimum absolute atomic E-state index is 0.0101. The average Bonchev–Trinajstić information content (AvgIpc) is 2.58. The van der Waals surface area contributed by atoms with Crippen molar-refractivity contribution >= 4 is 0 Å². The van der Waals surface area contributed by atoms with E-state index in [1.807, 2.05) is 4.98 Å². The first-order valence-electron chi connectivity index (χ1n) is 5.32. The van der Waals surface area contributed by atoms with Crippen LogP contribution in [0.4, 0.5) is 4.39 Å². The molecule has 1 aliphatic heterocycles. The Morgan fingerprint density at radius 2 is 2.33 bits per heavy atom. The predicted octanol–water partition coefficient (Wildman–Crippen LogP) is -1.22. The van der Waals surface area contributed by atoms with Gasteiger partial charge in [0.25, 0.3) is 5.56 Å². The van der Waals surface area contributed by atoms with Crippen molar-refractivity contribution in [1.82, 2.24) is 9.55 Å². The van der Waals surface area contributed by atoms with Crippen LogP contribution in [0.5, 0.6) is 0 Å². The van der Waals surface area contributed by atoms with E-state index in [1.54, 1.807) is 0 Å². The van der Waals surface area contributed by atoms with E-state index in [2.05, 4.69) is 0 Å². The molecule has 8 heteroatoms. The van der Waals surface area contributed by atoms with Crippen LogP contribution in [0.2, 0.25) is 0 Å². The number of hydrogen-bond acceptors (Lipinski definition) is 5. The molecule has 0 bridgehead atoms. The van der Waals surface area contributed by atoms with Crippen molar-refractivity contribution in [3.8, 4) is 0 Å². The Kier molecular flexibility index (Phi) is 3.60. The molecule has 0 unspecified atom stereocenters. The summed E-state index contributed by atoms with van der Waals surface area (Å²) in [4.78, 5) is 24.4. The van der Waals surface area contributed by atoms with Crippen molar-refractivity contribution in [3.05, 3.63) is 33.1 Å². The summed E-state index contributed by atoms with van der Waals surface area (Å²) in [6.45, 7) is 0.0101. The Balaban J connectivity index is 2.29. The van der Waals surface area contributed by atoms with E-state index < -0.39 is 35.9 Å². The largest absolute Gasteiger partial charge is 0.387 e. The highest BCUT2D eigenvalue weighted by atomic mass is 19.1. The van der Waals surface area contributed by atoms with E-state index in [4.69, 9.17) is 9.47 Å². The Hall–Kier alpha value is -1.51. The number of ether oxygens (including phenoxy) is 2. The molecule has 2 rings (SSSR count). The van der Waals surface area contributed by atoms with Gasteiger partial charge in [0.05, 0.1) is 6.61 Å². The fraction of sp³-hybridized carbons (Fsp3) is 0.600.